The van der Waals surface area contributed by atoms with Crippen molar-refractivity contribution in [3.8, 4) is 5.75 Å². The summed E-state index contributed by atoms with van der Waals surface area (Å²) < 4.78 is 7.38. The Labute approximate surface area is 158 Å². The molecule has 0 unspecified atom stereocenters. The number of hydrogen-bond donors (Lipinski definition) is 1. The van der Waals surface area contributed by atoms with Gasteiger partial charge in [0.25, 0.3) is 0 Å². The van der Waals surface area contributed by atoms with Gasteiger partial charge in [0, 0.05) is 48.4 Å². The van der Waals surface area contributed by atoms with Crippen LogP contribution in [-0.4, -0.2) is 37.8 Å². The van der Waals surface area contributed by atoms with Gasteiger partial charge in [-0.05, 0) is 37.5 Å². The van der Waals surface area contributed by atoms with Crippen molar-refractivity contribution in [1.82, 2.24) is 19.5 Å². The number of nitrogens with zero attached hydrogens (tertiary/aromatic N) is 4. The van der Waals surface area contributed by atoms with Crippen molar-refractivity contribution in [3.05, 3.63) is 58.5 Å². The molecule has 2 aromatic heterocycles. The summed E-state index contributed by atoms with van der Waals surface area (Å²) in [6, 6.07) is 9.08. The smallest absolute Gasteiger partial charge is 0.155 e. The van der Waals surface area contributed by atoms with E-state index in [0.29, 0.717) is 12.1 Å². The average molecular weight is 364 g/mol. The second-order valence-corrected chi connectivity index (χ2v) is 7.64. The number of methoxy groups -OCH3 is 1. The van der Waals surface area contributed by atoms with Crippen molar-refractivity contribution in [2.24, 2.45) is 0 Å². The SMILES string of the molecule is COc1ccc(CN2[C@H]3CC[C@@H]2c2cnc4cc(C)nn4c2C3)cc1CO. The number of rotatable bonds is 4. The average Bonchev–Trinajstić information content (AvgIpc) is 3.19. The van der Waals surface area contributed by atoms with Crippen molar-refractivity contribution in [3.63, 3.8) is 0 Å². The maximum Gasteiger partial charge on any atom is 0.155 e. The molecule has 0 aliphatic carbocycles. The van der Waals surface area contributed by atoms with Crippen LogP contribution in [0.2, 0.25) is 0 Å². The minimum atomic E-state index is -0.00669. The van der Waals surface area contributed by atoms with Crippen molar-refractivity contribution in [2.75, 3.05) is 7.11 Å². The lowest BCUT2D eigenvalue weighted by atomic mass is 9.98. The van der Waals surface area contributed by atoms with E-state index in [9.17, 15) is 5.11 Å². The Kier molecular flexibility index (Phi) is 3.91. The Morgan fingerprint density at radius 2 is 2.15 bits per heavy atom. The van der Waals surface area contributed by atoms with Crippen LogP contribution in [0.1, 0.15) is 47.0 Å². The van der Waals surface area contributed by atoms with Gasteiger partial charge in [0.15, 0.2) is 5.65 Å². The van der Waals surface area contributed by atoms with Gasteiger partial charge in [-0.15, -0.1) is 0 Å². The molecule has 1 N–H and O–H groups in total. The number of hydrogen-bond acceptors (Lipinski definition) is 5. The molecule has 2 bridgehead atoms. The monoisotopic (exact) mass is 364 g/mol. The van der Waals surface area contributed by atoms with Crippen LogP contribution in [0.4, 0.5) is 0 Å². The molecular weight excluding hydrogens is 340 g/mol. The number of aryl methyl sites for hydroxylation is 1. The van der Waals surface area contributed by atoms with Gasteiger partial charge in [-0.2, -0.15) is 5.10 Å². The Hall–Kier alpha value is -2.44. The topological polar surface area (TPSA) is 62.9 Å². The summed E-state index contributed by atoms with van der Waals surface area (Å²) in [5.74, 6) is 0.744. The minimum absolute atomic E-state index is 0.00669. The molecule has 2 atom stereocenters. The van der Waals surface area contributed by atoms with Gasteiger partial charge in [-0.1, -0.05) is 6.07 Å². The molecule has 0 radical (unpaired) electrons. The highest BCUT2D eigenvalue weighted by molar-refractivity contribution is 5.44. The van der Waals surface area contributed by atoms with Crippen molar-refractivity contribution in [1.29, 1.82) is 0 Å². The van der Waals surface area contributed by atoms with Crippen molar-refractivity contribution < 1.29 is 9.84 Å². The maximum absolute atomic E-state index is 9.62. The Bertz CT molecular complexity index is 1010. The number of benzene rings is 1. The van der Waals surface area contributed by atoms with Gasteiger partial charge in [-0.3, -0.25) is 4.90 Å². The summed E-state index contributed by atoms with van der Waals surface area (Å²) in [6.07, 6.45) is 5.42. The molecule has 1 aromatic carbocycles. The molecule has 27 heavy (non-hydrogen) atoms. The van der Waals surface area contributed by atoms with Gasteiger partial charge in [-0.25, -0.2) is 9.50 Å². The molecule has 0 amide bonds. The van der Waals surface area contributed by atoms with Gasteiger partial charge in [0.05, 0.1) is 25.1 Å². The standard InChI is InChI=1S/C21H24N4O2/c1-13-7-21-22-10-17-18-5-4-16(9-19(17)25(21)23-13)24(18)11-14-3-6-20(27-2)15(8-14)12-26/h3,6-8,10,16,18,26H,4-5,9,11-12H2,1-2H3/t16-,18+/m0/s1. The Balaban J connectivity index is 1.49. The van der Waals surface area contributed by atoms with Gasteiger partial charge >= 0.3 is 0 Å². The molecule has 2 aliphatic heterocycles. The fourth-order valence-corrected chi connectivity index (χ4v) is 4.81. The van der Waals surface area contributed by atoms with E-state index in [0.717, 1.165) is 42.0 Å². The van der Waals surface area contributed by atoms with Gasteiger partial charge in [0.1, 0.15) is 5.75 Å². The van der Waals surface area contributed by atoms with E-state index in [1.54, 1.807) is 7.11 Å². The van der Waals surface area contributed by atoms with E-state index in [-0.39, 0.29) is 6.61 Å². The fourth-order valence-electron chi connectivity index (χ4n) is 4.81. The first kappa shape index (κ1) is 16.7. The Morgan fingerprint density at radius 1 is 1.26 bits per heavy atom. The molecular formula is C21H24N4O2. The van der Waals surface area contributed by atoms with E-state index in [1.165, 1.54) is 23.2 Å². The number of aliphatic hydroxyl groups excluding tert-OH is 1. The first-order valence-corrected chi connectivity index (χ1v) is 9.54. The predicted octanol–water partition coefficient (Wildman–Crippen LogP) is 2.80. The molecule has 3 aromatic rings. The van der Waals surface area contributed by atoms with E-state index in [4.69, 9.17) is 4.74 Å². The molecule has 0 saturated carbocycles. The molecule has 1 fully saturated rings. The van der Waals surface area contributed by atoms with Gasteiger partial charge < -0.3 is 9.84 Å². The Morgan fingerprint density at radius 3 is 2.96 bits per heavy atom. The normalized spacial score (nSPS) is 21.6. The van der Waals surface area contributed by atoms with Crippen molar-refractivity contribution >= 4 is 5.65 Å². The second-order valence-electron chi connectivity index (χ2n) is 7.64. The zero-order valence-electron chi connectivity index (χ0n) is 15.7. The summed E-state index contributed by atoms with van der Waals surface area (Å²) in [5, 5.41) is 14.3. The number of ether oxygens (including phenoxy) is 1. The lowest BCUT2D eigenvalue weighted by Gasteiger charge is -2.36. The summed E-state index contributed by atoms with van der Waals surface area (Å²) >= 11 is 0. The molecule has 0 spiro atoms. The van der Waals surface area contributed by atoms with Crippen LogP contribution in [0.5, 0.6) is 5.75 Å². The fraction of sp³-hybridized carbons (Fsp3) is 0.429. The van der Waals surface area contributed by atoms with Crippen LogP contribution in [0.15, 0.2) is 30.5 Å². The van der Waals surface area contributed by atoms with Gasteiger partial charge in [0.2, 0.25) is 0 Å². The van der Waals surface area contributed by atoms with E-state index in [1.807, 2.05) is 23.6 Å². The van der Waals surface area contributed by atoms with Crippen LogP contribution < -0.4 is 4.74 Å². The summed E-state index contributed by atoms with van der Waals surface area (Å²) in [5.41, 5.74) is 6.65. The molecule has 1 saturated heterocycles. The van der Waals surface area contributed by atoms with E-state index in [2.05, 4.69) is 33.3 Å². The second kappa shape index (κ2) is 6.32. The van der Waals surface area contributed by atoms with Crippen molar-refractivity contribution in [2.45, 2.75) is 51.4 Å². The predicted molar refractivity (Wildman–Crippen MR) is 102 cm³/mol. The highest BCUT2D eigenvalue weighted by atomic mass is 16.5. The van der Waals surface area contributed by atoms with Crippen LogP contribution >= 0.6 is 0 Å². The number of aliphatic hydroxyl groups is 1. The van der Waals surface area contributed by atoms with Crippen LogP contribution in [-0.2, 0) is 19.6 Å². The first-order valence-electron chi connectivity index (χ1n) is 9.54. The van der Waals surface area contributed by atoms with Crippen LogP contribution in [0.3, 0.4) is 0 Å². The third-order valence-corrected chi connectivity index (χ3v) is 6.05. The van der Waals surface area contributed by atoms with E-state index >= 15 is 0 Å². The maximum atomic E-state index is 9.62. The zero-order chi connectivity index (χ0) is 18.5. The summed E-state index contributed by atoms with van der Waals surface area (Å²) in [6.45, 7) is 2.89. The number of fused-ring (bicyclic) bond motifs is 6. The molecule has 5 rings (SSSR count). The summed E-state index contributed by atoms with van der Waals surface area (Å²) in [7, 11) is 1.64. The molecule has 140 valence electrons. The minimum Gasteiger partial charge on any atom is -0.496 e. The lowest BCUT2D eigenvalue weighted by Crippen LogP contribution is -2.38. The summed E-state index contributed by atoms with van der Waals surface area (Å²) in [4.78, 5) is 7.24. The molecule has 6 nitrogen and oxygen atoms in total. The largest absolute Gasteiger partial charge is 0.496 e. The van der Waals surface area contributed by atoms with Crippen LogP contribution in [0.25, 0.3) is 5.65 Å². The zero-order valence-corrected chi connectivity index (χ0v) is 15.7. The lowest BCUT2D eigenvalue weighted by molar-refractivity contribution is 0.165. The number of aromatic nitrogens is 3. The molecule has 6 heteroatoms. The van der Waals surface area contributed by atoms with E-state index < -0.39 is 0 Å². The molecule has 2 aliphatic rings. The third-order valence-electron chi connectivity index (χ3n) is 6.05. The highest BCUT2D eigenvalue weighted by Crippen LogP contribution is 2.44. The van der Waals surface area contributed by atoms with Crippen LogP contribution in [0, 0.1) is 6.92 Å². The molecule has 4 heterocycles. The quantitative estimate of drug-likeness (QED) is 0.771. The third kappa shape index (κ3) is 2.63. The first-order chi connectivity index (χ1) is 13.2. The highest BCUT2D eigenvalue weighted by Gasteiger charge is 2.41.